The third-order valence-corrected chi connectivity index (χ3v) is 6.18. The Kier molecular flexibility index (Phi) is 8.26. The second-order valence-electron chi connectivity index (χ2n) is 8.74. The van der Waals surface area contributed by atoms with Crippen molar-refractivity contribution in [2.45, 2.75) is 32.2 Å². The Morgan fingerprint density at radius 2 is 1.90 bits per heavy atom. The lowest BCUT2D eigenvalue weighted by atomic mass is 10.1. The van der Waals surface area contributed by atoms with Gasteiger partial charge >= 0.3 is 6.03 Å². The van der Waals surface area contributed by atoms with Gasteiger partial charge in [0, 0.05) is 58.4 Å². The predicted octanol–water partition coefficient (Wildman–Crippen LogP) is 2.56. The van der Waals surface area contributed by atoms with Gasteiger partial charge in [-0.15, -0.1) is 0 Å². The largest absolute Gasteiger partial charge is 0.490 e. The minimum atomic E-state index is -0.498. The quantitative estimate of drug-likeness (QED) is 0.465. The Hall–Kier alpha value is -2.19. The van der Waals surface area contributed by atoms with Crippen molar-refractivity contribution in [1.29, 1.82) is 0 Å². The number of carbonyl (C=O) groups is 2. The summed E-state index contributed by atoms with van der Waals surface area (Å²) in [4.78, 5) is 32.4. The van der Waals surface area contributed by atoms with Gasteiger partial charge in [0.2, 0.25) is 0 Å². The topological polar surface area (TPSA) is 56.3 Å². The van der Waals surface area contributed by atoms with Gasteiger partial charge in [-0.3, -0.25) is 9.69 Å². The maximum Gasteiger partial charge on any atom is 0.319 e. The Morgan fingerprint density at radius 1 is 1.16 bits per heavy atom. The lowest BCUT2D eigenvalue weighted by Gasteiger charge is -2.35. The molecule has 2 amide bonds. The van der Waals surface area contributed by atoms with Crippen LogP contribution >= 0.6 is 0 Å². The number of benzene rings is 1. The number of carbonyl (C=O) groups excluding carboxylic acids is 2. The minimum Gasteiger partial charge on any atom is -0.490 e. The second kappa shape index (κ2) is 10.9. The fourth-order valence-corrected chi connectivity index (χ4v) is 4.24. The number of halogens is 1. The van der Waals surface area contributed by atoms with E-state index < -0.39 is 5.82 Å². The van der Waals surface area contributed by atoms with Crippen LogP contribution in [0, 0.1) is 5.82 Å². The van der Waals surface area contributed by atoms with Gasteiger partial charge in [0.25, 0.3) is 0 Å². The van der Waals surface area contributed by atoms with E-state index >= 15 is 0 Å². The first-order chi connectivity index (χ1) is 14.8. The molecule has 2 aliphatic heterocycles. The van der Waals surface area contributed by atoms with Crippen molar-refractivity contribution in [2.24, 2.45) is 0 Å². The molecule has 1 aromatic rings. The maximum atomic E-state index is 14.4. The van der Waals surface area contributed by atoms with E-state index in [4.69, 9.17) is 4.74 Å². The van der Waals surface area contributed by atoms with Crippen LogP contribution in [0.15, 0.2) is 18.2 Å². The third-order valence-electron chi connectivity index (χ3n) is 6.18. The highest BCUT2D eigenvalue weighted by molar-refractivity contribution is 5.97. The number of urea groups is 1. The number of ether oxygens (including phenoxy) is 1. The molecule has 2 heterocycles. The normalized spacial score (nSPS) is 20.1. The maximum absolute atomic E-state index is 14.4. The minimum absolute atomic E-state index is 0.0152. The molecule has 0 aliphatic carbocycles. The zero-order valence-electron chi connectivity index (χ0n) is 19.0. The van der Waals surface area contributed by atoms with Gasteiger partial charge in [-0.05, 0) is 50.9 Å². The highest BCUT2D eigenvalue weighted by Gasteiger charge is 2.24. The molecule has 2 aliphatic rings. The van der Waals surface area contributed by atoms with Gasteiger partial charge in [-0.25, -0.2) is 9.18 Å². The lowest BCUT2D eigenvalue weighted by molar-refractivity contribution is 0.0863. The SMILES string of the molecule is CC1CCCN1CCCOc1ccc(C(=O)CN2CCN(C(=O)N(C)C)CC2)cc1F. The van der Waals surface area contributed by atoms with Crippen molar-refractivity contribution in [3.63, 3.8) is 0 Å². The van der Waals surface area contributed by atoms with E-state index in [1.165, 1.54) is 18.9 Å². The molecule has 0 spiro atoms. The van der Waals surface area contributed by atoms with Crippen LogP contribution in [-0.4, -0.2) is 104 Å². The smallest absolute Gasteiger partial charge is 0.319 e. The summed E-state index contributed by atoms with van der Waals surface area (Å²) in [5.41, 5.74) is 0.350. The van der Waals surface area contributed by atoms with E-state index in [1.54, 1.807) is 36.0 Å². The molecule has 1 atom stereocenters. The number of amides is 2. The van der Waals surface area contributed by atoms with Crippen molar-refractivity contribution in [3.8, 4) is 5.75 Å². The van der Waals surface area contributed by atoms with Crippen molar-refractivity contribution >= 4 is 11.8 Å². The molecule has 1 aromatic carbocycles. The Labute approximate surface area is 184 Å². The monoisotopic (exact) mass is 434 g/mol. The fraction of sp³-hybridized carbons (Fsp3) is 0.652. The number of rotatable bonds is 8. The first kappa shape index (κ1) is 23.5. The van der Waals surface area contributed by atoms with E-state index in [0.717, 1.165) is 19.5 Å². The van der Waals surface area contributed by atoms with Crippen molar-refractivity contribution < 1.29 is 18.7 Å². The first-order valence-corrected chi connectivity index (χ1v) is 11.2. The van der Waals surface area contributed by atoms with Crippen LogP contribution in [0.4, 0.5) is 9.18 Å². The fourth-order valence-electron chi connectivity index (χ4n) is 4.24. The summed E-state index contributed by atoms with van der Waals surface area (Å²) in [6.45, 7) is 7.45. The van der Waals surface area contributed by atoms with Crippen molar-refractivity contribution in [1.82, 2.24) is 19.6 Å². The Balaban J connectivity index is 1.42. The van der Waals surface area contributed by atoms with Crippen LogP contribution in [0.2, 0.25) is 0 Å². The van der Waals surface area contributed by atoms with Crippen molar-refractivity contribution in [2.75, 3.05) is 66.5 Å². The van der Waals surface area contributed by atoms with Crippen LogP contribution in [0.3, 0.4) is 0 Å². The summed E-state index contributed by atoms with van der Waals surface area (Å²) in [7, 11) is 3.46. The summed E-state index contributed by atoms with van der Waals surface area (Å²) in [6, 6.07) is 5.06. The van der Waals surface area contributed by atoms with Crippen LogP contribution < -0.4 is 4.74 Å². The molecule has 0 bridgehead atoms. The van der Waals surface area contributed by atoms with Crippen LogP contribution in [0.25, 0.3) is 0 Å². The van der Waals surface area contributed by atoms with Gasteiger partial charge in [-0.1, -0.05) is 0 Å². The molecular weight excluding hydrogens is 399 g/mol. The number of Topliss-reactive ketones (excluding diaryl/α,β-unsaturated/α-hetero) is 1. The van der Waals surface area contributed by atoms with E-state index in [2.05, 4.69) is 11.8 Å². The molecule has 0 saturated carbocycles. The number of nitrogens with zero attached hydrogens (tertiary/aromatic N) is 4. The Morgan fingerprint density at radius 3 is 2.52 bits per heavy atom. The zero-order valence-corrected chi connectivity index (χ0v) is 19.0. The second-order valence-corrected chi connectivity index (χ2v) is 8.74. The van der Waals surface area contributed by atoms with Crippen LogP contribution in [0.1, 0.15) is 36.5 Å². The summed E-state index contributed by atoms with van der Waals surface area (Å²) in [5.74, 6) is -0.426. The number of likely N-dealkylation sites (tertiary alicyclic amines) is 1. The molecular formula is C23H35FN4O3. The summed E-state index contributed by atoms with van der Waals surface area (Å²) >= 11 is 0. The number of ketones is 1. The zero-order chi connectivity index (χ0) is 22.4. The highest BCUT2D eigenvalue weighted by atomic mass is 19.1. The molecule has 0 N–H and O–H groups in total. The van der Waals surface area contributed by atoms with E-state index in [9.17, 15) is 14.0 Å². The Bertz CT molecular complexity index is 765. The molecule has 172 valence electrons. The van der Waals surface area contributed by atoms with Gasteiger partial charge in [0.15, 0.2) is 17.3 Å². The molecule has 31 heavy (non-hydrogen) atoms. The summed E-state index contributed by atoms with van der Waals surface area (Å²) < 4.78 is 20.1. The molecule has 7 nitrogen and oxygen atoms in total. The highest BCUT2D eigenvalue weighted by Crippen LogP contribution is 2.20. The molecule has 8 heteroatoms. The lowest BCUT2D eigenvalue weighted by Crippen LogP contribution is -2.52. The van der Waals surface area contributed by atoms with E-state index in [1.807, 2.05) is 4.90 Å². The average molecular weight is 435 g/mol. The standard InChI is InChI=1S/C23H35FN4O3/c1-18-6-4-9-27(18)10-5-15-31-22-8-7-19(16-20(22)24)21(29)17-26-11-13-28(14-12-26)23(30)25(2)3/h7-8,16,18H,4-6,9-15,17H2,1-3H3. The molecule has 0 aromatic heterocycles. The average Bonchev–Trinajstić information content (AvgIpc) is 3.16. The number of hydrogen-bond acceptors (Lipinski definition) is 5. The van der Waals surface area contributed by atoms with Gasteiger partial charge in [-0.2, -0.15) is 0 Å². The van der Waals surface area contributed by atoms with Gasteiger partial charge in [0.1, 0.15) is 0 Å². The van der Waals surface area contributed by atoms with E-state index in [0.29, 0.717) is 44.4 Å². The molecule has 2 fully saturated rings. The molecule has 0 radical (unpaired) electrons. The molecule has 2 saturated heterocycles. The third kappa shape index (κ3) is 6.40. The molecule has 1 unspecified atom stereocenters. The van der Waals surface area contributed by atoms with Crippen LogP contribution in [-0.2, 0) is 0 Å². The molecule has 3 rings (SSSR count). The van der Waals surface area contributed by atoms with E-state index in [-0.39, 0.29) is 24.1 Å². The summed E-state index contributed by atoms with van der Waals surface area (Å²) in [5, 5.41) is 0. The number of hydrogen-bond donors (Lipinski definition) is 0. The van der Waals surface area contributed by atoms with Gasteiger partial charge < -0.3 is 19.4 Å². The summed E-state index contributed by atoms with van der Waals surface area (Å²) in [6.07, 6.45) is 3.34. The first-order valence-electron chi connectivity index (χ1n) is 11.2. The van der Waals surface area contributed by atoms with Crippen LogP contribution in [0.5, 0.6) is 5.75 Å². The number of piperazine rings is 1. The van der Waals surface area contributed by atoms with Crippen molar-refractivity contribution in [3.05, 3.63) is 29.6 Å². The predicted molar refractivity (Wildman–Crippen MR) is 118 cm³/mol. The van der Waals surface area contributed by atoms with Gasteiger partial charge in [0.05, 0.1) is 13.2 Å².